The maximum Gasteiger partial charge on any atom is 0.358 e. The summed E-state index contributed by atoms with van der Waals surface area (Å²) in [5.41, 5.74) is 2.07. The largest absolute Gasteiger partial charge is 0.476 e. The summed E-state index contributed by atoms with van der Waals surface area (Å²) in [6.07, 6.45) is 0.774. The Labute approximate surface area is 118 Å². The van der Waals surface area contributed by atoms with Crippen LogP contribution in [-0.2, 0) is 13.0 Å². The van der Waals surface area contributed by atoms with Gasteiger partial charge in [-0.25, -0.2) is 4.79 Å². The molecule has 1 aromatic carbocycles. The highest BCUT2D eigenvalue weighted by molar-refractivity contribution is 7.08. The monoisotopic (exact) mass is 289 g/mol. The van der Waals surface area contributed by atoms with Crippen LogP contribution < -0.4 is 0 Å². The molecule has 1 aliphatic rings. The van der Waals surface area contributed by atoms with Crippen molar-refractivity contribution in [3.05, 3.63) is 46.0 Å². The van der Waals surface area contributed by atoms with E-state index in [0.29, 0.717) is 13.1 Å². The number of aromatic carboxylic acids is 1. The van der Waals surface area contributed by atoms with E-state index in [2.05, 4.69) is 9.59 Å². The highest BCUT2D eigenvalue weighted by Crippen LogP contribution is 2.22. The van der Waals surface area contributed by atoms with Crippen LogP contribution in [0.4, 0.5) is 0 Å². The Balaban J connectivity index is 1.86. The summed E-state index contributed by atoms with van der Waals surface area (Å²) in [6.45, 7) is 1.07. The number of aromatic nitrogens is 2. The molecule has 1 aliphatic heterocycles. The fraction of sp³-hybridized carbons (Fsp3) is 0.231. The van der Waals surface area contributed by atoms with Crippen molar-refractivity contribution in [1.82, 2.24) is 14.5 Å². The molecule has 6 nitrogen and oxygen atoms in total. The second-order valence-corrected chi connectivity index (χ2v) is 5.26. The van der Waals surface area contributed by atoms with Gasteiger partial charge < -0.3 is 10.0 Å². The minimum Gasteiger partial charge on any atom is -0.476 e. The third kappa shape index (κ3) is 2.16. The number of rotatable bonds is 2. The van der Waals surface area contributed by atoms with Crippen LogP contribution in [0.15, 0.2) is 24.3 Å². The molecule has 1 N–H and O–H groups in total. The quantitative estimate of drug-likeness (QED) is 0.904. The molecule has 7 heteroatoms. The zero-order valence-corrected chi connectivity index (χ0v) is 11.3. The summed E-state index contributed by atoms with van der Waals surface area (Å²) >= 11 is 0.828. The van der Waals surface area contributed by atoms with Crippen LogP contribution in [0.1, 0.15) is 31.3 Å². The molecule has 0 aliphatic carbocycles. The number of hydrogen-bond acceptors (Lipinski definition) is 5. The van der Waals surface area contributed by atoms with Crippen molar-refractivity contribution in [2.24, 2.45) is 0 Å². The van der Waals surface area contributed by atoms with Crippen LogP contribution in [0.25, 0.3) is 0 Å². The number of carboxylic acids is 1. The Morgan fingerprint density at radius 1 is 1.25 bits per heavy atom. The average molecular weight is 289 g/mol. The molecule has 0 atom stereocenters. The zero-order valence-electron chi connectivity index (χ0n) is 10.4. The lowest BCUT2D eigenvalue weighted by molar-refractivity contribution is 0.0666. The van der Waals surface area contributed by atoms with Crippen LogP contribution in [0.3, 0.4) is 0 Å². The minimum atomic E-state index is -1.22. The summed E-state index contributed by atoms with van der Waals surface area (Å²) in [5, 5.41) is 12.5. The van der Waals surface area contributed by atoms with Crippen LogP contribution in [0.5, 0.6) is 0 Å². The maximum absolute atomic E-state index is 12.4. The van der Waals surface area contributed by atoms with Crippen molar-refractivity contribution >= 4 is 23.4 Å². The smallest absolute Gasteiger partial charge is 0.358 e. The lowest BCUT2D eigenvalue weighted by Crippen LogP contribution is -2.36. The van der Waals surface area contributed by atoms with E-state index in [-0.39, 0.29) is 16.5 Å². The Morgan fingerprint density at radius 3 is 2.75 bits per heavy atom. The number of carbonyl (C=O) groups is 2. The predicted octanol–water partition coefficient (Wildman–Crippen LogP) is 1.43. The normalized spacial score (nSPS) is 13.9. The number of carboxylic acid groups (broad SMARTS) is 1. The van der Waals surface area contributed by atoms with Gasteiger partial charge in [-0.1, -0.05) is 28.8 Å². The summed E-state index contributed by atoms with van der Waals surface area (Å²) in [6, 6.07) is 7.95. The van der Waals surface area contributed by atoms with Gasteiger partial charge in [0.2, 0.25) is 0 Å². The Morgan fingerprint density at radius 2 is 2.00 bits per heavy atom. The Kier molecular flexibility index (Phi) is 3.19. The van der Waals surface area contributed by atoms with Crippen molar-refractivity contribution in [2.45, 2.75) is 13.0 Å². The summed E-state index contributed by atoms with van der Waals surface area (Å²) in [4.78, 5) is 25.1. The van der Waals surface area contributed by atoms with Crippen LogP contribution in [0, 0.1) is 0 Å². The lowest BCUT2D eigenvalue weighted by atomic mass is 10.00. The third-order valence-electron chi connectivity index (χ3n) is 3.30. The summed E-state index contributed by atoms with van der Waals surface area (Å²) in [7, 11) is 0. The van der Waals surface area contributed by atoms with Crippen LogP contribution in [-0.4, -0.2) is 38.0 Å². The molecule has 2 aromatic rings. The SMILES string of the molecule is O=C(O)c1nnsc1C(=O)N1CCc2ccccc2C1. The first kappa shape index (κ1) is 12.7. The number of fused-ring (bicyclic) bond motifs is 1. The van der Waals surface area contributed by atoms with Crippen molar-refractivity contribution < 1.29 is 14.7 Å². The zero-order chi connectivity index (χ0) is 14.1. The van der Waals surface area contributed by atoms with Gasteiger partial charge in [-0.2, -0.15) is 0 Å². The second kappa shape index (κ2) is 5.01. The first-order chi connectivity index (χ1) is 9.66. The second-order valence-electron chi connectivity index (χ2n) is 4.50. The fourth-order valence-corrected chi connectivity index (χ4v) is 2.91. The van der Waals surface area contributed by atoms with Crippen molar-refractivity contribution in [2.75, 3.05) is 6.54 Å². The number of amides is 1. The average Bonchev–Trinajstić information content (AvgIpc) is 2.95. The summed E-state index contributed by atoms with van der Waals surface area (Å²) in [5.74, 6) is -1.54. The summed E-state index contributed by atoms with van der Waals surface area (Å²) < 4.78 is 3.57. The van der Waals surface area contributed by atoms with Gasteiger partial charge >= 0.3 is 5.97 Å². The van der Waals surface area contributed by atoms with E-state index in [1.807, 2.05) is 24.3 Å². The topological polar surface area (TPSA) is 83.4 Å². The molecule has 1 aromatic heterocycles. The van der Waals surface area contributed by atoms with Gasteiger partial charge in [0, 0.05) is 13.1 Å². The highest BCUT2D eigenvalue weighted by atomic mass is 32.1. The molecule has 0 bridgehead atoms. The first-order valence-corrected chi connectivity index (χ1v) is 6.86. The molecular formula is C13H11N3O3S. The highest BCUT2D eigenvalue weighted by Gasteiger charge is 2.28. The molecule has 0 fully saturated rings. The predicted molar refractivity (Wildman–Crippen MR) is 71.8 cm³/mol. The lowest BCUT2D eigenvalue weighted by Gasteiger charge is -2.28. The molecule has 2 heterocycles. The maximum atomic E-state index is 12.4. The van der Waals surface area contributed by atoms with Gasteiger partial charge in [-0.05, 0) is 29.1 Å². The molecule has 0 saturated carbocycles. The standard InChI is InChI=1S/C13H11N3O3S/c17-12(11-10(13(18)19)14-15-20-11)16-6-5-8-3-1-2-4-9(8)7-16/h1-4H,5-7H2,(H,18,19). The fourth-order valence-electron chi connectivity index (χ4n) is 2.28. The van der Waals surface area contributed by atoms with Crippen molar-refractivity contribution in [3.63, 3.8) is 0 Å². The van der Waals surface area contributed by atoms with E-state index < -0.39 is 5.97 Å². The number of benzene rings is 1. The van der Waals surface area contributed by atoms with Crippen molar-refractivity contribution in [1.29, 1.82) is 0 Å². The Bertz CT molecular complexity index is 683. The first-order valence-electron chi connectivity index (χ1n) is 6.08. The van der Waals surface area contributed by atoms with Gasteiger partial charge in [-0.15, -0.1) is 5.10 Å². The molecule has 0 radical (unpaired) electrons. The molecule has 1 amide bonds. The molecular weight excluding hydrogens is 278 g/mol. The minimum absolute atomic E-state index is 0.0943. The molecule has 3 rings (SSSR count). The van der Waals surface area contributed by atoms with Crippen LogP contribution in [0.2, 0.25) is 0 Å². The molecule has 0 spiro atoms. The van der Waals surface area contributed by atoms with E-state index in [0.717, 1.165) is 23.5 Å². The van der Waals surface area contributed by atoms with E-state index in [1.165, 1.54) is 5.56 Å². The number of carbonyl (C=O) groups excluding carboxylic acids is 1. The number of hydrogen-bond donors (Lipinski definition) is 1. The third-order valence-corrected chi connectivity index (χ3v) is 4.02. The van der Waals surface area contributed by atoms with Crippen LogP contribution >= 0.6 is 11.5 Å². The van der Waals surface area contributed by atoms with Gasteiger partial charge in [0.25, 0.3) is 5.91 Å². The molecule has 20 heavy (non-hydrogen) atoms. The van der Waals surface area contributed by atoms with Gasteiger partial charge in [0.05, 0.1) is 0 Å². The molecule has 102 valence electrons. The van der Waals surface area contributed by atoms with Gasteiger partial charge in [0.1, 0.15) is 4.88 Å². The van der Waals surface area contributed by atoms with E-state index in [1.54, 1.807) is 4.90 Å². The molecule has 0 unspecified atom stereocenters. The van der Waals surface area contributed by atoms with Crippen molar-refractivity contribution in [3.8, 4) is 0 Å². The van der Waals surface area contributed by atoms with E-state index in [9.17, 15) is 9.59 Å². The molecule has 0 saturated heterocycles. The van der Waals surface area contributed by atoms with Gasteiger partial charge in [-0.3, -0.25) is 4.79 Å². The van der Waals surface area contributed by atoms with Gasteiger partial charge in [0.15, 0.2) is 5.69 Å². The van der Waals surface area contributed by atoms with E-state index in [4.69, 9.17) is 5.11 Å². The Hall–Kier alpha value is -2.28. The number of nitrogens with zero attached hydrogens (tertiary/aromatic N) is 3. The van der Waals surface area contributed by atoms with E-state index >= 15 is 0 Å².